The van der Waals surface area contributed by atoms with Gasteiger partial charge in [0.2, 0.25) is 0 Å². The quantitative estimate of drug-likeness (QED) is 0.728. The molecule has 0 bridgehead atoms. The molecule has 1 aliphatic rings. The number of nitrogens with zero attached hydrogens (tertiary/aromatic N) is 1. The minimum Gasteiger partial charge on any atom is -0.312 e. The number of nitrogens with one attached hydrogen (secondary N) is 1. The van der Waals surface area contributed by atoms with E-state index in [9.17, 15) is 0 Å². The van der Waals surface area contributed by atoms with Gasteiger partial charge in [0.05, 0.1) is 0 Å². The third-order valence-corrected chi connectivity index (χ3v) is 5.08. The first-order valence-electron chi connectivity index (χ1n) is 7.99. The normalized spacial score (nSPS) is 23.7. The molecule has 1 N–H and O–H groups in total. The van der Waals surface area contributed by atoms with Gasteiger partial charge < -0.3 is 10.2 Å². The zero-order chi connectivity index (χ0) is 13.6. The summed E-state index contributed by atoms with van der Waals surface area (Å²) >= 11 is 0. The molecule has 0 aliphatic heterocycles. The number of hydrogen-bond acceptors (Lipinski definition) is 2. The van der Waals surface area contributed by atoms with Crippen molar-refractivity contribution >= 4 is 0 Å². The standard InChI is InChI=1S/C16H34N2/c1-6-14(3)15(17-7-2)16(18(4)5)12-10-8-9-11-13-16/h14-15,17H,6-13H2,1-5H3. The third-order valence-electron chi connectivity index (χ3n) is 5.08. The van der Waals surface area contributed by atoms with Crippen molar-refractivity contribution < 1.29 is 0 Å². The van der Waals surface area contributed by atoms with Gasteiger partial charge in [-0.2, -0.15) is 0 Å². The first kappa shape index (κ1) is 16.0. The molecule has 2 heteroatoms. The summed E-state index contributed by atoms with van der Waals surface area (Å²) in [4.78, 5) is 2.53. The van der Waals surface area contributed by atoms with Gasteiger partial charge in [-0.1, -0.05) is 52.9 Å². The topological polar surface area (TPSA) is 15.3 Å². The van der Waals surface area contributed by atoms with E-state index in [0.717, 1.165) is 12.5 Å². The molecule has 0 aromatic carbocycles. The Kier molecular flexibility index (Phi) is 6.65. The highest BCUT2D eigenvalue weighted by atomic mass is 15.2. The summed E-state index contributed by atoms with van der Waals surface area (Å²) in [7, 11) is 4.58. The zero-order valence-corrected chi connectivity index (χ0v) is 13.3. The summed E-state index contributed by atoms with van der Waals surface area (Å²) in [5.41, 5.74) is 0.377. The van der Waals surface area contributed by atoms with Crippen LogP contribution >= 0.6 is 0 Å². The fourth-order valence-corrected chi connectivity index (χ4v) is 3.75. The van der Waals surface area contributed by atoms with Crippen LogP contribution < -0.4 is 5.32 Å². The van der Waals surface area contributed by atoms with Gasteiger partial charge in [0.1, 0.15) is 0 Å². The Morgan fingerprint density at radius 1 is 1.06 bits per heavy atom. The Balaban J connectivity index is 2.96. The Labute approximate surface area is 115 Å². The van der Waals surface area contributed by atoms with Gasteiger partial charge in [-0.05, 0) is 39.4 Å². The molecule has 108 valence electrons. The van der Waals surface area contributed by atoms with E-state index in [1.807, 2.05) is 0 Å². The highest BCUT2D eigenvalue weighted by Crippen LogP contribution is 2.37. The Bertz CT molecular complexity index is 217. The highest BCUT2D eigenvalue weighted by Gasteiger charge is 2.42. The van der Waals surface area contributed by atoms with Crippen LogP contribution in [0, 0.1) is 5.92 Å². The molecule has 18 heavy (non-hydrogen) atoms. The Morgan fingerprint density at radius 3 is 2.00 bits per heavy atom. The number of likely N-dealkylation sites (N-methyl/N-ethyl adjacent to an activating group) is 2. The number of hydrogen-bond donors (Lipinski definition) is 1. The maximum atomic E-state index is 3.81. The van der Waals surface area contributed by atoms with Crippen molar-refractivity contribution in [2.45, 2.75) is 77.3 Å². The zero-order valence-electron chi connectivity index (χ0n) is 13.3. The molecule has 2 atom stereocenters. The van der Waals surface area contributed by atoms with Gasteiger partial charge in [-0.3, -0.25) is 0 Å². The van der Waals surface area contributed by atoms with Gasteiger partial charge in [-0.25, -0.2) is 0 Å². The largest absolute Gasteiger partial charge is 0.312 e. The van der Waals surface area contributed by atoms with Gasteiger partial charge in [-0.15, -0.1) is 0 Å². The first-order chi connectivity index (χ1) is 8.58. The summed E-state index contributed by atoms with van der Waals surface area (Å²) in [6.07, 6.45) is 9.65. The minimum atomic E-state index is 0.377. The summed E-state index contributed by atoms with van der Waals surface area (Å²) in [6, 6.07) is 0.639. The molecule has 1 saturated carbocycles. The molecule has 1 fully saturated rings. The lowest BCUT2D eigenvalue weighted by atomic mass is 9.75. The molecule has 0 aromatic heterocycles. The second-order valence-corrected chi connectivity index (χ2v) is 6.33. The molecule has 0 aromatic rings. The van der Waals surface area contributed by atoms with Crippen LogP contribution in [0.1, 0.15) is 65.7 Å². The van der Waals surface area contributed by atoms with Crippen molar-refractivity contribution in [2.75, 3.05) is 20.6 Å². The molecule has 0 saturated heterocycles. The van der Waals surface area contributed by atoms with Gasteiger partial charge in [0.25, 0.3) is 0 Å². The predicted octanol–water partition coefficient (Wildman–Crippen LogP) is 3.67. The molecule has 2 unspecified atom stereocenters. The first-order valence-corrected chi connectivity index (χ1v) is 7.99. The van der Waals surface area contributed by atoms with Gasteiger partial charge in [0, 0.05) is 11.6 Å². The monoisotopic (exact) mass is 254 g/mol. The SMILES string of the molecule is CCNC(C(C)CC)C1(N(C)C)CCCCCC1. The van der Waals surface area contributed by atoms with E-state index in [0.29, 0.717) is 11.6 Å². The lowest BCUT2D eigenvalue weighted by Crippen LogP contribution is -2.61. The molecular formula is C16H34N2. The molecule has 0 heterocycles. The van der Waals surface area contributed by atoms with Crippen LogP contribution in [0.15, 0.2) is 0 Å². The molecular weight excluding hydrogens is 220 g/mol. The molecule has 1 rings (SSSR count). The van der Waals surface area contributed by atoms with E-state index in [2.05, 4.69) is 45.1 Å². The van der Waals surface area contributed by atoms with Crippen LogP contribution in [0.25, 0.3) is 0 Å². The third kappa shape index (κ3) is 3.48. The van der Waals surface area contributed by atoms with Crippen LogP contribution in [0.2, 0.25) is 0 Å². The minimum absolute atomic E-state index is 0.377. The van der Waals surface area contributed by atoms with Crippen molar-refractivity contribution in [1.29, 1.82) is 0 Å². The highest BCUT2D eigenvalue weighted by molar-refractivity contribution is 5.01. The van der Waals surface area contributed by atoms with Crippen LogP contribution in [-0.4, -0.2) is 37.1 Å². The molecule has 0 amide bonds. The Hall–Kier alpha value is -0.0800. The van der Waals surface area contributed by atoms with Crippen molar-refractivity contribution in [3.05, 3.63) is 0 Å². The Morgan fingerprint density at radius 2 is 1.61 bits per heavy atom. The molecule has 0 radical (unpaired) electrons. The average molecular weight is 254 g/mol. The van der Waals surface area contributed by atoms with Gasteiger partial charge in [0.15, 0.2) is 0 Å². The van der Waals surface area contributed by atoms with E-state index >= 15 is 0 Å². The van der Waals surface area contributed by atoms with Crippen LogP contribution in [0.4, 0.5) is 0 Å². The van der Waals surface area contributed by atoms with Gasteiger partial charge >= 0.3 is 0 Å². The predicted molar refractivity (Wildman–Crippen MR) is 81.0 cm³/mol. The fourth-order valence-electron chi connectivity index (χ4n) is 3.75. The maximum Gasteiger partial charge on any atom is 0.0359 e. The summed E-state index contributed by atoms with van der Waals surface area (Å²) in [5.74, 6) is 0.755. The van der Waals surface area contributed by atoms with Crippen LogP contribution in [0.3, 0.4) is 0 Å². The summed E-state index contributed by atoms with van der Waals surface area (Å²) in [5, 5.41) is 3.81. The van der Waals surface area contributed by atoms with Crippen molar-refractivity contribution in [2.24, 2.45) is 5.92 Å². The molecule has 2 nitrogen and oxygen atoms in total. The molecule has 0 spiro atoms. The average Bonchev–Trinajstić information content (AvgIpc) is 2.61. The van der Waals surface area contributed by atoms with E-state index in [4.69, 9.17) is 0 Å². The lowest BCUT2D eigenvalue weighted by Gasteiger charge is -2.48. The van der Waals surface area contributed by atoms with E-state index in [-0.39, 0.29) is 0 Å². The van der Waals surface area contributed by atoms with Crippen molar-refractivity contribution in [1.82, 2.24) is 10.2 Å². The van der Waals surface area contributed by atoms with Crippen molar-refractivity contribution in [3.63, 3.8) is 0 Å². The summed E-state index contributed by atoms with van der Waals surface area (Å²) in [6.45, 7) is 8.08. The summed E-state index contributed by atoms with van der Waals surface area (Å²) < 4.78 is 0. The maximum absolute atomic E-state index is 3.81. The van der Waals surface area contributed by atoms with Crippen LogP contribution in [0.5, 0.6) is 0 Å². The van der Waals surface area contributed by atoms with E-state index in [1.165, 1.54) is 44.9 Å². The molecule has 1 aliphatic carbocycles. The second-order valence-electron chi connectivity index (χ2n) is 6.33. The fraction of sp³-hybridized carbons (Fsp3) is 1.00. The lowest BCUT2D eigenvalue weighted by molar-refractivity contribution is 0.0557. The van der Waals surface area contributed by atoms with E-state index < -0.39 is 0 Å². The van der Waals surface area contributed by atoms with Crippen LogP contribution in [-0.2, 0) is 0 Å². The second kappa shape index (κ2) is 7.49. The van der Waals surface area contributed by atoms with E-state index in [1.54, 1.807) is 0 Å². The number of rotatable bonds is 6. The van der Waals surface area contributed by atoms with Crippen molar-refractivity contribution in [3.8, 4) is 0 Å². The smallest absolute Gasteiger partial charge is 0.0359 e.